The Balaban J connectivity index is 1.18. The number of halogens is 1. The van der Waals surface area contributed by atoms with Gasteiger partial charge in [-0.05, 0) is 24.3 Å². The third-order valence-electron chi connectivity index (χ3n) is 4.53. The number of alkyl carbamates (subject to hydrolysis) is 1. The smallest absolute Gasteiger partial charge is 0.410 e. The molecule has 3 aliphatic rings. The molecular formula is C16H17ClN2O5. The van der Waals surface area contributed by atoms with E-state index in [9.17, 15) is 9.59 Å². The minimum absolute atomic E-state index is 0.0502. The van der Waals surface area contributed by atoms with Crippen molar-refractivity contribution in [3.63, 3.8) is 0 Å². The highest BCUT2D eigenvalue weighted by molar-refractivity contribution is 6.30. The zero-order valence-corrected chi connectivity index (χ0v) is 13.6. The standard InChI is InChI=1S/C16H17ClN2O5/c17-10-1-3-11(4-2-10)23-12-5-13(6-12)24-15(21)19-7-16(8-19)9-22-14(20)18-16/h1-4,12-13H,5-9H2,(H,18,20)/t12-,13+. The van der Waals surface area contributed by atoms with Crippen LogP contribution in [0.25, 0.3) is 0 Å². The van der Waals surface area contributed by atoms with E-state index in [0.717, 1.165) is 5.75 Å². The number of carbonyl (C=O) groups is 2. The number of hydrogen-bond donors (Lipinski definition) is 1. The molecule has 2 saturated heterocycles. The van der Waals surface area contributed by atoms with E-state index in [1.807, 2.05) is 12.1 Å². The van der Waals surface area contributed by atoms with Crippen molar-refractivity contribution < 1.29 is 23.8 Å². The van der Waals surface area contributed by atoms with Crippen LogP contribution in [-0.4, -0.2) is 54.5 Å². The molecule has 7 nitrogen and oxygen atoms in total. The first-order chi connectivity index (χ1) is 11.5. The van der Waals surface area contributed by atoms with E-state index in [4.69, 9.17) is 25.8 Å². The molecule has 24 heavy (non-hydrogen) atoms. The second kappa shape index (κ2) is 5.73. The third kappa shape index (κ3) is 2.96. The summed E-state index contributed by atoms with van der Waals surface area (Å²) in [6.45, 7) is 1.15. The summed E-state index contributed by atoms with van der Waals surface area (Å²) in [5.74, 6) is 0.760. The van der Waals surface area contributed by atoms with Crippen LogP contribution >= 0.6 is 11.6 Å². The topological polar surface area (TPSA) is 77.1 Å². The molecule has 1 aromatic carbocycles. The van der Waals surface area contributed by atoms with Crippen LogP contribution in [-0.2, 0) is 9.47 Å². The molecule has 1 saturated carbocycles. The molecular weight excluding hydrogens is 336 g/mol. The van der Waals surface area contributed by atoms with E-state index in [1.165, 1.54) is 0 Å². The molecule has 1 aromatic rings. The van der Waals surface area contributed by atoms with Crippen molar-refractivity contribution in [2.75, 3.05) is 19.7 Å². The van der Waals surface area contributed by atoms with Crippen LogP contribution in [0.1, 0.15) is 12.8 Å². The zero-order valence-electron chi connectivity index (χ0n) is 12.9. The van der Waals surface area contributed by atoms with Crippen molar-refractivity contribution in [2.45, 2.75) is 30.6 Å². The van der Waals surface area contributed by atoms with E-state index in [-0.39, 0.29) is 18.3 Å². The molecule has 8 heteroatoms. The van der Waals surface area contributed by atoms with Crippen molar-refractivity contribution in [1.29, 1.82) is 0 Å². The number of rotatable bonds is 3. The first-order valence-electron chi connectivity index (χ1n) is 7.84. The van der Waals surface area contributed by atoms with Gasteiger partial charge in [0.2, 0.25) is 0 Å². The number of amides is 2. The predicted molar refractivity (Wildman–Crippen MR) is 84.2 cm³/mol. The summed E-state index contributed by atoms with van der Waals surface area (Å²) in [4.78, 5) is 24.7. The van der Waals surface area contributed by atoms with Crippen LogP contribution in [0.2, 0.25) is 5.02 Å². The second-order valence-electron chi connectivity index (χ2n) is 6.51. The number of likely N-dealkylation sites (tertiary alicyclic amines) is 1. The number of nitrogens with one attached hydrogen (secondary N) is 1. The molecule has 1 N–H and O–H groups in total. The lowest BCUT2D eigenvalue weighted by Crippen LogP contribution is -2.70. The van der Waals surface area contributed by atoms with E-state index in [1.54, 1.807) is 17.0 Å². The quantitative estimate of drug-likeness (QED) is 0.902. The van der Waals surface area contributed by atoms with Gasteiger partial charge in [-0.3, -0.25) is 0 Å². The molecule has 2 aliphatic heterocycles. The first-order valence-corrected chi connectivity index (χ1v) is 8.22. The van der Waals surface area contributed by atoms with Gasteiger partial charge in [-0.1, -0.05) is 11.6 Å². The third-order valence-corrected chi connectivity index (χ3v) is 4.78. The van der Waals surface area contributed by atoms with Crippen molar-refractivity contribution in [2.24, 2.45) is 0 Å². The lowest BCUT2D eigenvalue weighted by Gasteiger charge is -2.46. The summed E-state index contributed by atoms with van der Waals surface area (Å²) >= 11 is 5.83. The molecule has 3 fully saturated rings. The van der Waals surface area contributed by atoms with Crippen LogP contribution in [0.5, 0.6) is 5.75 Å². The Kier molecular flexibility index (Phi) is 3.68. The maximum atomic E-state index is 12.0. The van der Waals surface area contributed by atoms with Gasteiger partial charge < -0.3 is 24.4 Å². The molecule has 1 spiro atoms. The summed E-state index contributed by atoms with van der Waals surface area (Å²) in [7, 11) is 0. The number of nitrogens with zero attached hydrogens (tertiary/aromatic N) is 1. The van der Waals surface area contributed by atoms with Crippen molar-refractivity contribution in [3.8, 4) is 5.75 Å². The molecule has 0 aromatic heterocycles. The monoisotopic (exact) mass is 352 g/mol. The number of benzene rings is 1. The van der Waals surface area contributed by atoms with Crippen LogP contribution in [0.3, 0.4) is 0 Å². The van der Waals surface area contributed by atoms with Gasteiger partial charge in [0.1, 0.15) is 30.1 Å². The van der Waals surface area contributed by atoms with Gasteiger partial charge in [-0.2, -0.15) is 0 Å². The van der Waals surface area contributed by atoms with E-state index in [2.05, 4.69) is 5.32 Å². The van der Waals surface area contributed by atoms with Crippen LogP contribution < -0.4 is 10.1 Å². The normalized spacial score (nSPS) is 26.9. The average Bonchev–Trinajstić information content (AvgIpc) is 2.88. The Labute approximate surface area is 143 Å². The highest BCUT2D eigenvalue weighted by atomic mass is 35.5. The molecule has 2 amide bonds. The minimum atomic E-state index is -0.427. The zero-order chi connectivity index (χ0) is 16.7. The highest BCUT2D eigenvalue weighted by Gasteiger charge is 2.52. The van der Waals surface area contributed by atoms with Gasteiger partial charge in [-0.25, -0.2) is 9.59 Å². The van der Waals surface area contributed by atoms with Crippen LogP contribution in [0.15, 0.2) is 24.3 Å². The van der Waals surface area contributed by atoms with Gasteiger partial charge in [0.05, 0.1) is 13.1 Å². The lowest BCUT2D eigenvalue weighted by molar-refractivity contribution is -0.0500. The molecule has 128 valence electrons. The van der Waals surface area contributed by atoms with Crippen molar-refractivity contribution >= 4 is 23.8 Å². The SMILES string of the molecule is O=C1NC2(CO1)CN(C(=O)O[C@H]1C[C@@H](Oc3ccc(Cl)cc3)C1)C2. The van der Waals surface area contributed by atoms with Crippen molar-refractivity contribution in [1.82, 2.24) is 10.2 Å². The average molecular weight is 353 g/mol. The largest absolute Gasteiger partial charge is 0.490 e. The minimum Gasteiger partial charge on any atom is -0.490 e. The van der Waals surface area contributed by atoms with Crippen molar-refractivity contribution in [3.05, 3.63) is 29.3 Å². The molecule has 0 unspecified atom stereocenters. The molecule has 0 radical (unpaired) electrons. The van der Waals surface area contributed by atoms with E-state index < -0.39 is 11.6 Å². The van der Waals surface area contributed by atoms with Crippen LogP contribution in [0, 0.1) is 0 Å². The maximum Gasteiger partial charge on any atom is 0.410 e. The Hall–Kier alpha value is -2.15. The number of ether oxygens (including phenoxy) is 3. The van der Waals surface area contributed by atoms with Gasteiger partial charge in [0.15, 0.2) is 0 Å². The number of cyclic esters (lactones) is 1. The Morgan fingerprint density at radius 2 is 1.96 bits per heavy atom. The summed E-state index contributed by atoms with van der Waals surface area (Å²) in [5.41, 5.74) is -0.421. The molecule has 2 heterocycles. The highest BCUT2D eigenvalue weighted by Crippen LogP contribution is 2.31. The molecule has 0 atom stereocenters. The predicted octanol–water partition coefficient (Wildman–Crippen LogP) is 2.18. The summed E-state index contributed by atoms with van der Waals surface area (Å²) in [5, 5.41) is 3.40. The summed E-state index contributed by atoms with van der Waals surface area (Å²) in [6.07, 6.45) is 0.497. The second-order valence-corrected chi connectivity index (χ2v) is 6.94. The summed E-state index contributed by atoms with van der Waals surface area (Å²) in [6, 6.07) is 7.19. The van der Waals surface area contributed by atoms with E-state index in [0.29, 0.717) is 37.6 Å². The fraction of sp³-hybridized carbons (Fsp3) is 0.500. The van der Waals surface area contributed by atoms with Gasteiger partial charge in [0, 0.05) is 17.9 Å². The lowest BCUT2D eigenvalue weighted by atomic mass is 9.91. The fourth-order valence-electron chi connectivity index (χ4n) is 3.11. The summed E-state index contributed by atoms with van der Waals surface area (Å²) < 4.78 is 16.1. The maximum absolute atomic E-state index is 12.0. The number of hydrogen-bond acceptors (Lipinski definition) is 5. The molecule has 4 rings (SSSR count). The molecule has 0 bridgehead atoms. The Morgan fingerprint density at radius 3 is 2.58 bits per heavy atom. The van der Waals surface area contributed by atoms with Gasteiger partial charge in [0.25, 0.3) is 0 Å². The number of carbonyl (C=O) groups excluding carboxylic acids is 2. The first kappa shape index (κ1) is 15.4. The van der Waals surface area contributed by atoms with Crippen LogP contribution in [0.4, 0.5) is 9.59 Å². The van der Waals surface area contributed by atoms with Gasteiger partial charge >= 0.3 is 12.2 Å². The Bertz CT molecular complexity index is 653. The Morgan fingerprint density at radius 1 is 1.25 bits per heavy atom. The van der Waals surface area contributed by atoms with Gasteiger partial charge in [-0.15, -0.1) is 0 Å². The fourth-order valence-corrected chi connectivity index (χ4v) is 3.23. The van der Waals surface area contributed by atoms with E-state index >= 15 is 0 Å². The molecule has 1 aliphatic carbocycles.